The van der Waals surface area contributed by atoms with Crippen LogP contribution in [-0.4, -0.2) is 21.7 Å². The summed E-state index contributed by atoms with van der Waals surface area (Å²) in [6, 6.07) is 10.4. The fraction of sp³-hybridized carbons (Fsp3) is 0.294. The molecule has 1 N–H and O–H groups in total. The van der Waals surface area contributed by atoms with Gasteiger partial charge in [-0.2, -0.15) is 5.10 Å². The molecule has 1 aromatic heterocycles. The number of nitrogens with zero attached hydrogens (tertiary/aromatic N) is 2. The van der Waals surface area contributed by atoms with E-state index in [1.165, 1.54) is 5.01 Å². The van der Waals surface area contributed by atoms with Crippen LogP contribution in [0.3, 0.4) is 0 Å². The molecule has 5 heteroatoms. The minimum absolute atomic E-state index is 0.0442. The molecule has 114 valence electrons. The molecule has 0 saturated heterocycles. The lowest BCUT2D eigenvalue weighted by atomic mass is 10.00. The first-order valence-electron chi connectivity index (χ1n) is 7.42. The van der Waals surface area contributed by atoms with Gasteiger partial charge in [0.2, 0.25) is 5.91 Å². The Labute approximate surface area is 128 Å². The minimum Gasteiger partial charge on any atom is -0.508 e. The number of aromatic hydroxyl groups is 1. The molecule has 22 heavy (non-hydrogen) atoms. The van der Waals surface area contributed by atoms with Gasteiger partial charge in [-0.05, 0) is 24.6 Å². The lowest BCUT2D eigenvalue weighted by Crippen LogP contribution is -2.26. The zero-order valence-corrected chi connectivity index (χ0v) is 12.4. The summed E-state index contributed by atoms with van der Waals surface area (Å²) in [5.74, 6) is 0.794. The van der Waals surface area contributed by atoms with E-state index in [2.05, 4.69) is 5.10 Å². The lowest BCUT2D eigenvalue weighted by Gasteiger charge is -2.22. The van der Waals surface area contributed by atoms with Crippen LogP contribution in [0.4, 0.5) is 0 Å². The number of hydrazone groups is 1. The summed E-state index contributed by atoms with van der Waals surface area (Å²) in [7, 11) is 0. The average Bonchev–Trinajstić information content (AvgIpc) is 3.17. The topological polar surface area (TPSA) is 66.0 Å². The van der Waals surface area contributed by atoms with E-state index in [1.807, 2.05) is 25.1 Å². The monoisotopic (exact) mass is 298 g/mol. The molecule has 0 spiro atoms. The highest BCUT2D eigenvalue weighted by Gasteiger charge is 2.34. The Kier molecular flexibility index (Phi) is 3.96. The largest absolute Gasteiger partial charge is 0.508 e. The van der Waals surface area contributed by atoms with Gasteiger partial charge in [0.25, 0.3) is 0 Å². The van der Waals surface area contributed by atoms with Crippen molar-refractivity contribution in [2.75, 3.05) is 0 Å². The quantitative estimate of drug-likeness (QED) is 0.940. The third-order valence-electron chi connectivity index (χ3n) is 3.73. The number of para-hydroxylation sites is 1. The molecule has 1 aliphatic heterocycles. The predicted molar refractivity (Wildman–Crippen MR) is 82.5 cm³/mol. The van der Waals surface area contributed by atoms with Crippen LogP contribution in [0.15, 0.2) is 52.2 Å². The van der Waals surface area contributed by atoms with E-state index >= 15 is 0 Å². The summed E-state index contributed by atoms with van der Waals surface area (Å²) >= 11 is 0. The van der Waals surface area contributed by atoms with Crippen LogP contribution in [0, 0.1) is 0 Å². The molecule has 0 radical (unpaired) electrons. The summed E-state index contributed by atoms with van der Waals surface area (Å²) in [6.07, 6.45) is 3.30. The van der Waals surface area contributed by atoms with Crippen molar-refractivity contribution in [3.8, 4) is 5.75 Å². The van der Waals surface area contributed by atoms with Gasteiger partial charge in [0.15, 0.2) is 0 Å². The van der Waals surface area contributed by atoms with E-state index in [1.54, 1.807) is 24.5 Å². The first-order valence-corrected chi connectivity index (χ1v) is 7.42. The number of benzene rings is 1. The van der Waals surface area contributed by atoms with Gasteiger partial charge in [-0.25, -0.2) is 5.01 Å². The number of carbonyl (C=O) groups is 1. The summed E-state index contributed by atoms with van der Waals surface area (Å²) in [4.78, 5) is 12.4. The molecular weight excluding hydrogens is 280 g/mol. The number of rotatable bonds is 4. The van der Waals surface area contributed by atoms with Crippen molar-refractivity contribution in [1.29, 1.82) is 0 Å². The van der Waals surface area contributed by atoms with E-state index in [4.69, 9.17) is 4.42 Å². The van der Waals surface area contributed by atoms with Crippen molar-refractivity contribution in [2.45, 2.75) is 32.2 Å². The Hall–Kier alpha value is -2.56. The van der Waals surface area contributed by atoms with E-state index in [9.17, 15) is 9.90 Å². The third kappa shape index (κ3) is 2.62. The molecule has 2 aromatic rings. The van der Waals surface area contributed by atoms with Gasteiger partial charge in [-0.3, -0.25) is 4.79 Å². The maximum absolute atomic E-state index is 12.4. The zero-order valence-electron chi connectivity index (χ0n) is 12.4. The molecule has 5 nitrogen and oxygen atoms in total. The Morgan fingerprint density at radius 2 is 2.18 bits per heavy atom. The van der Waals surface area contributed by atoms with Crippen molar-refractivity contribution in [2.24, 2.45) is 5.10 Å². The first kappa shape index (κ1) is 14.4. The molecule has 0 fully saturated rings. The van der Waals surface area contributed by atoms with Gasteiger partial charge in [-0.15, -0.1) is 0 Å². The molecule has 1 unspecified atom stereocenters. The number of hydrogen-bond donors (Lipinski definition) is 1. The SMILES string of the molecule is CCCC(=O)N1N=C(c2ccco2)CC1c1ccccc1O. The fourth-order valence-corrected chi connectivity index (χ4v) is 2.67. The number of phenols is 1. The molecule has 1 aliphatic rings. The molecule has 0 aliphatic carbocycles. The zero-order chi connectivity index (χ0) is 15.5. The second-order valence-electron chi connectivity index (χ2n) is 5.29. The number of phenolic OH excluding ortho intramolecular Hbond substituents is 1. The second-order valence-corrected chi connectivity index (χ2v) is 5.29. The Morgan fingerprint density at radius 1 is 1.36 bits per heavy atom. The minimum atomic E-state index is -0.291. The molecule has 2 heterocycles. The molecule has 1 atom stereocenters. The van der Waals surface area contributed by atoms with Gasteiger partial charge in [-0.1, -0.05) is 25.1 Å². The summed E-state index contributed by atoms with van der Waals surface area (Å²) in [5.41, 5.74) is 1.43. The predicted octanol–water partition coefficient (Wildman–Crippen LogP) is 3.46. The van der Waals surface area contributed by atoms with Crippen LogP contribution < -0.4 is 0 Å². The Bertz CT molecular complexity index is 692. The van der Waals surface area contributed by atoms with Crippen molar-refractivity contribution < 1.29 is 14.3 Å². The smallest absolute Gasteiger partial charge is 0.243 e. The standard InChI is InChI=1S/C17H18N2O3/c1-2-6-17(21)19-14(12-7-3-4-8-15(12)20)11-13(18-19)16-9-5-10-22-16/h3-5,7-10,14,20H,2,6,11H2,1H3. The van der Waals surface area contributed by atoms with Crippen LogP contribution >= 0.6 is 0 Å². The number of carbonyl (C=O) groups excluding carboxylic acids is 1. The van der Waals surface area contributed by atoms with Crippen molar-refractivity contribution >= 4 is 11.6 Å². The van der Waals surface area contributed by atoms with Gasteiger partial charge in [0.05, 0.1) is 12.3 Å². The highest BCUT2D eigenvalue weighted by molar-refractivity contribution is 6.01. The maximum Gasteiger partial charge on any atom is 0.243 e. The summed E-state index contributed by atoms with van der Waals surface area (Å²) in [5, 5.41) is 16.0. The summed E-state index contributed by atoms with van der Waals surface area (Å²) in [6.45, 7) is 1.96. The first-order chi connectivity index (χ1) is 10.7. The van der Waals surface area contributed by atoms with Crippen molar-refractivity contribution in [3.05, 3.63) is 54.0 Å². The van der Waals surface area contributed by atoms with Crippen molar-refractivity contribution in [1.82, 2.24) is 5.01 Å². The van der Waals surface area contributed by atoms with Crippen LogP contribution in [0.2, 0.25) is 0 Å². The number of hydrogen-bond acceptors (Lipinski definition) is 4. The van der Waals surface area contributed by atoms with Gasteiger partial charge < -0.3 is 9.52 Å². The van der Waals surface area contributed by atoms with E-state index in [0.29, 0.717) is 24.2 Å². The molecule has 1 aromatic carbocycles. The normalized spacial score (nSPS) is 17.6. The highest BCUT2D eigenvalue weighted by Crippen LogP contribution is 2.37. The lowest BCUT2D eigenvalue weighted by molar-refractivity contribution is -0.133. The van der Waals surface area contributed by atoms with Crippen molar-refractivity contribution in [3.63, 3.8) is 0 Å². The average molecular weight is 298 g/mol. The highest BCUT2D eigenvalue weighted by atomic mass is 16.3. The molecular formula is C17H18N2O3. The molecule has 3 rings (SSSR count). The molecule has 0 saturated carbocycles. The van der Waals surface area contributed by atoms with Crippen LogP contribution in [0.25, 0.3) is 0 Å². The maximum atomic E-state index is 12.4. The van der Waals surface area contributed by atoms with E-state index < -0.39 is 0 Å². The van der Waals surface area contributed by atoms with Crippen LogP contribution in [-0.2, 0) is 4.79 Å². The van der Waals surface area contributed by atoms with Gasteiger partial charge in [0, 0.05) is 18.4 Å². The fourth-order valence-electron chi connectivity index (χ4n) is 2.67. The third-order valence-corrected chi connectivity index (χ3v) is 3.73. The van der Waals surface area contributed by atoms with Crippen LogP contribution in [0.5, 0.6) is 5.75 Å². The molecule has 0 bridgehead atoms. The van der Waals surface area contributed by atoms with E-state index in [0.717, 1.165) is 12.1 Å². The Balaban J connectivity index is 1.95. The van der Waals surface area contributed by atoms with Gasteiger partial charge in [0.1, 0.15) is 17.2 Å². The molecule has 1 amide bonds. The van der Waals surface area contributed by atoms with Crippen LogP contribution in [0.1, 0.15) is 43.6 Å². The number of amides is 1. The van der Waals surface area contributed by atoms with E-state index in [-0.39, 0.29) is 17.7 Å². The second kappa shape index (κ2) is 6.05. The summed E-state index contributed by atoms with van der Waals surface area (Å²) < 4.78 is 5.39. The Morgan fingerprint density at radius 3 is 2.86 bits per heavy atom. The number of furan rings is 1. The van der Waals surface area contributed by atoms with Gasteiger partial charge >= 0.3 is 0 Å².